The second kappa shape index (κ2) is 18.4. The smallest absolute Gasteiger partial charge is 0.326 e. The number of rotatable bonds is 19. The van der Waals surface area contributed by atoms with Crippen LogP contribution in [0.5, 0.6) is 0 Å². The number of aromatic nitrogens is 2. The van der Waals surface area contributed by atoms with Gasteiger partial charge in [0.2, 0.25) is 17.7 Å². The van der Waals surface area contributed by atoms with Gasteiger partial charge in [-0.25, -0.2) is 9.78 Å². The molecule has 2 rings (SSSR count). The lowest BCUT2D eigenvalue weighted by Gasteiger charge is -2.25. The van der Waals surface area contributed by atoms with Crippen LogP contribution in [-0.2, 0) is 32.0 Å². The fourth-order valence-electron chi connectivity index (χ4n) is 4.14. The van der Waals surface area contributed by atoms with E-state index in [1.54, 1.807) is 0 Å². The summed E-state index contributed by atoms with van der Waals surface area (Å²) in [6, 6.07) is 4.59. The number of carbonyl (C=O) groups excluding carboxylic acids is 3. The molecule has 240 valence electrons. The largest absolute Gasteiger partial charge is 0.480 e. The number of carbonyl (C=O) groups is 4. The lowest BCUT2D eigenvalue weighted by Crippen LogP contribution is -2.57. The van der Waals surface area contributed by atoms with Crippen LogP contribution in [0.1, 0.15) is 36.9 Å². The van der Waals surface area contributed by atoms with E-state index in [0.717, 1.165) is 5.56 Å². The summed E-state index contributed by atoms with van der Waals surface area (Å²) in [5.41, 5.74) is 28.9. The standard InChI is InChI=1S/C27H42N12O5/c28-18(12-16-6-2-1-3-7-16)22(40)37-19(8-4-10-34-26(29)30)23(41)39-21(13-17-14-33-15-36-17)24(42)38-20(25(43)44)9-5-11-35-27(31)32/h1-3,6-7,14-15,18-21H,4-5,8-13,28H2,(H,33,36)(H,37,40)(H,38,42)(H,39,41)(H,43,44)(H4,29,30,34)(H4,31,32,35)/t18-,19-,20-,21-/m0/s1. The molecule has 0 spiro atoms. The fraction of sp³-hybridized carbons (Fsp3) is 0.444. The maximum atomic E-state index is 13.5. The average molecular weight is 615 g/mol. The number of carboxylic acid groups (broad SMARTS) is 1. The van der Waals surface area contributed by atoms with Crippen LogP contribution in [-0.4, -0.2) is 87.9 Å². The molecule has 4 atom stereocenters. The number of aliphatic imine (C=N–C) groups is 2. The van der Waals surface area contributed by atoms with Gasteiger partial charge in [0, 0.05) is 31.4 Å². The van der Waals surface area contributed by atoms with Gasteiger partial charge < -0.3 is 54.7 Å². The summed E-state index contributed by atoms with van der Waals surface area (Å²) in [4.78, 5) is 66.2. The summed E-state index contributed by atoms with van der Waals surface area (Å²) < 4.78 is 0. The Morgan fingerprint density at radius 2 is 1.34 bits per heavy atom. The highest BCUT2D eigenvalue weighted by Gasteiger charge is 2.30. The Balaban J connectivity index is 2.19. The van der Waals surface area contributed by atoms with Crippen molar-refractivity contribution in [3.8, 4) is 0 Å². The molecule has 0 saturated heterocycles. The van der Waals surface area contributed by atoms with E-state index in [1.807, 2.05) is 30.3 Å². The number of nitrogens with zero attached hydrogens (tertiary/aromatic N) is 3. The van der Waals surface area contributed by atoms with Gasteiger partial charge in [0.1, 0.15) is 18.1 Å². The zero-order valence-electron chi connectivity index (χ0n) is 24.3. The number of H-pyrrole nitrogens is 1. The number of hydrogen-bond acceptors (Lipinski definition) is 8. The van der Waals surface area contributed by atoms with Gasteiger partial charge in [-0.3, -0.25) is 24.4 Å². The van der Waals surface area contributed by atoms with Gasteiger partial charge >= 0.3 is 5.97 Å². The zero-order chi connectivity index (χ0) is 32.5. The van der Waals surface area contributed by atoms with E-state index in [2.05, 4.69) is 35.9 Å². The van der Waals surface area contributed by atoms with Gasteiger partial charge in [-0.2, -0.15) is 0 Å². The minimum Gasteiger partial charge on any atom is -0.480 e. The molecule has 17 nitrogen and oxygen atoms in total. The molecule has 0 aliphatic heterocycles. The normalized spacial score (nSPS) is 13.4. The second-order valence-corrected chi connectivity index (χ2v) is 10.00. The predicted molar refractivity (Wildman–Crippen MR) is 164 cm³/mol. The third-order valence-corrected chi connectivity index (χ3v) is 6.39. The molecule has 0 saturated carbocycles. The van der Waals surface area contributed by atoms with Crippen LogP contribution in [0, 0.1) is 0 Å². The van der Waals surface area contributed by atoms with Crippen LogP contribution in [0.15, 0.2) is 52.8 Å². The molecule has 0 bridgehead atoms. The maximum Gasteiger partial charge on any atom is 0.326 e. The van der Waals surface area contributed by atoms with Crippen molar-refractivity contribution in [1.29, 1.82) is 0 Å². The topological polar surface area (TPSA) is 308 Å². The van der Waals surface area contributed by atoms with Crippen molar-refractivity contribution in [2.75, 3.05) is 13.1 Å². The number of nitrogens with one attached hydrogen (secondary N) is 4. The quantitative estimate of drug-likeness (QED) is 0.0436. The molecule has 0 aliphatic carbocycles. The molecular formula is C27H42N12O5. The zero-order valence-corrected chi connectivity index (χ0v) is 24.3. The van der Waals surface area contributed by atoms with E-state index in [9.17, 15) is 24.3 Å². The molecule has 15 N–H and O–H groups in total. The number of aliphatic carboxylic acids is 1. The van der Waals surface area contributed by atoms with Crippen molar-refractivity contribution >= 4 is 35.6 Å². The molecule has 2 aromatic rings. The van der Waals surface area contributed by atoms with Crippen LogP contribution in [0.4, 0.5) is 0 Å². The molecule has 3 amide bonds. The first-order valence-electron chi connectivity index (χ1n) is 14.0. The first-order valence-corrected chi connectivity index (χ1v) is 14.0. The third kappa shape index (κ3) is 13.2. The van der Waals surface area contributed by atoms with Gasteiger partial charge in [0.05, 0.1) is 12.4 Å². The van der Waals surface area contributed by atoms with Crippen molar-refractivity contribution in [3.63, 3.8) is 0 Å². The first-order chi connectivity index (χ1) is 21.0. The van der Waals surface area contributed by atoms with Crippen LogP contribution in [0.2, 0.25) is 0 Å². The number of imidazole rings is 1. The molecule has 0 aliphatic rings. The summed E-state index contributed by atoms with van der Waals surface area (Å²) in [5.74, 6) is -3.54. The highest BCUT2D eigenvalue weighted by molar-refractivity contribution is 5.94. The monoisotopic (exact) mass is 614 g/mol. The Labute approximate surface area is 254 Å². The van der Waals surface area contributed by atoms with Crippen LogP contribution in [0.25, 0.3) is 0 Å². The molecule has 1 aromatic heterocycles. The van der Waals surface area contributed by atoms with Crippen LogP contribution < -0.4 is 44.6 Å². The molecule has 0 fully saturated rings. The van der Waals surface area contributed by atoms with E-state index in [1.165, 1.54) is 12.5 Å². The lowest BCUT2D eigenvalue weighted by molar-refractivity contribution is -0.142. The Bertz CT molecular complexity index is 1260. The van der Waals surface area contributed by atoms with E-state index in [-0.39, 0.29) is 57.1 Å². The highest BCUT2D eigenvalue weighted by Crippen LogP contribution is 2.07. The summed E-state index contributed by atoms with van der Waals surface area (Å²) in [6.45, 7) is 0.361. The van der Waals surface area contributed by atoms with Crippen molar-refractivity contribution in [2.45, 2.75) is 62.7 Å². The average Bonchev–Trinajstić information content (AvgIpc) is 3.49. The molecule has 17 heteroatoms. The molecule has 1 aromatic carbocycles. The van der Waals surface area contributed by atoms with Gasteiger partial charge in [-0.05, 0) is 37.7 Å². The van der Waals surface area contributed by atoms with Gasteiger partial charge in [-0.1, -0.05) is 30.3 Å². The minimum atomic E-state index is -1.27. The van der Waals surface area contributed by atoms with E-state index in [4.69, 9.17) is 28.7 Å². The predicted octanol–water partition coefficient (Wildman–Crippen LogP) is -2.83. The number of hydrogen-bond donors (Lipinski definition) is 10. The maximum absolute atomic E-state index is 13.5. The van der Waals surface area contributed by atoms with E-state index >= 15 is 0 Å². The summed E-state index contributed by atoms with van der Waals surface area (Å²) in [5, 5.41) is 17.4. The first kappa shape index (κ1) is 35.0. The number of guanidine groups is 2. The van der Waals surface area contributed by atoms with Crippen LogP contribution >= 0.6 is 0 Å². The summed E-state index contributed by atoms with van der Waals surface area (Å²) in [6.07, 6.45) is 3.81. The van der Waals surface area contributed by atoms with E-state index in [0.29, 0.717) is 12.1 Å². The Hall–Kier alpha value is -5.19. The Morgan fingerprint density at radius 1 is 0.795 bits per heavy atom. The summed E-state index contributed by atoms with van der Waals surface area (Å²) in [7, 11) is 0. The SMILES string of the molecule is NC(N)=NCCC[C@H](NC(=O)[C@H](Cc1cnc[nH]1)NC(=O)[C@H](CCCN=C(N)N)NC(=O)[C@@H](N)Cc1ccccc1)C(=O)O. The molecular weight excluding hydrogens is 572 g/mol. The third-order valence-electron chi connectivity index (χ3n) is 6.39. The van der Waals surface area contributed by atoms with Gasteiger partial charge in [-0.15, -0.1) is 0 Å². The van der Waals surface area contributed by atoms with Crippen molar-refractivity contribution in [2.24, 2.45) is 38.7 Å². The highest BCUT2D eigenvalue weighted by atomic mass is 16.4. The lowest BCUT2D eigenvalue weighted by atomic mass is 10.0. The Morgan fingerprint density at radius 3 is 1.89 bits per heavy atom. The second-order valence-electron chi connectivity index (χ2n) is 10.00. The number of carboxylic acids is 1. The number of amides is 3. The number of benzene rings is 1. The molecule has 1 heterocycles. The molecule has 0 unspecified atom stereocenters. The molecule has 0 radical (unpaired) electrons. The van der Waals surface area contributed by atoms with Crippen molar-refractivity contribution in [1.82, 2.24) is 25.9 Å². The van der Waals surface area contributed by atoms with Gasteiger partial charge in [0.25, 0.3) is 0 Å². The Kier molecular flexibility index (Phi) is 14.6. The summed E-state index contributed by atoms with van der Waals surface area (Å²) >= 11 is 0. The molecule has 44 heavy (non-hydrogen) atoms. The van der Waals surface area contributed by atoms with Gasteiger partial charge in [0.15, 0.2) is 11.9 Å². The van der Waals surface area contributed by atoms with E-state index < -0.39 is 47.9 Å². The fourth-order valence-corrected chi connectivity index (χ4v) is 4.14. The van der Waals surface area contributed by atoms with Crippen LogP contribution in [0.3, 0.4) is 0 Å². The number of aromatic amines is 1. The van der Waals surface area contributed by atoms with Crippen molar-refractivity contribution in [3.05, 3.63) is 54.1 Å². The van der Waals surface area contributed by atoms with Crippen molar-refractivity contribution < 1.29 is 24.3 Å². The minimum absolute atomic E-state index is 0.0331. The number of nitrogens with two attached hydrogens (primary N) is 5.